The number of hydrogen-bond donors (Lipinski definition) is 1. The summed E-state index contributed by atoms with van der Waals surface area (Å²) in [6, 6.07) is 11.6. The number of thiazole rings is 1. The molecule has 1 aliphatic heterocycles. The molecule has 3 aromatic rings. The van der Waals surface area contributed by atoms with E-state index in [-0.39, 0.29) is 24.1 Å². The molecule has 2 aliphatic rings. The summed E-state index contributed by atoms with van der Waals surface area (Å²) in [6.45, 7) is 3.39. The number of ether oxygens (including phenoxy) is 1. The zero-order valence-electron chi connectivity index (χ0n) is 17.9. The van der Waals surface area contributed by atoms with Gasteiger partial charge in [-0.3, -0.25) is 9.88 Å². The number of anilines is 2. The van der Waals surface area contributed by atoms with E-state index in [2.05, 4.69) is 20.3 Å². The number of pyridine rings is 2. The third-order valence-corrected chi connectivity index (χ3v) is 6.91. The fourth-order valence-corrected chi connectivity index (χ4v) is 5.08. The summed E-state index contributed by atoms with van der Waals surface area (Å²) in [5.74, 6) is 1.22. The number of hydrogen-bond acceptors (Lipinski definition) is 7. The van der Waals surface area contributed by atoms with Gasteiger partial charge in [0.15, 0.2) is 5.13 Å². The minimum Gasteiger partial charge on any atom is -0.441 e. The number of halogens is 1. The van der Waals surface area contributed by atoms with Crippen molar-refractivity contribution in [3.63, 3.8) is 0 Å². The zero-order valence-corrected chi connectivity index (χ0v) is 19.5. The van der Waals surface area contributed by atoms with Crippen molar-refractivity contribution in [1.29, 1.82) is 0 Å². The Hall–Kier alpha value is -2.71. The smallest absolute Gasteiger partial charge is 0.416 e. The van der Waals surface area contributed by atoms with Crippen LogP contribution in [0, 0.1) is 12.8 Å². The minimum atomic E-state index is -0.383. The first-order valence-electron chi connectivity index (χ1n) is 10.7. The molecule has 0 radical (unpaired) electrons. The van der Waals surface area contributed by atoms with Crippen LogP contribution in [0.15, 0.2) is 48.0 Å². The average Bonchev–Trinajstić information content (AvgIpc) is 3.39. The van der Waals surface area contributed by atoms with Crippen LogP contribution in [0.25, 0.3) is 11.4 Å². The third kappa shape index (κ3) is 4.71. The lowest BCUT2D eigenvalue weighted by Gasteiger charge is -2.35. The first kappa shape index (κ1) is 22.5. The van der Waals surface area contributed by atoms with Crippen LogP contribution in [0.5, 0.6) is 0 Å². The number of carbonyl (C=O) groups is 1. The molecule has 168 valence electrons. The first-order chi connectivity index (χ1) is 15.1. The molecular formula is C23H26ClN5O2S. The van der Waals surface area contributed by atoms with E-state index in [1.807, 2.05) is 48.7 Å². The molecule has 5 rings (SSSR count). The molecule has 0 unspecified atom stereocenters. The summed E-state index contributed by atoms with van der Waals surface area (Å²) < 4.78 is 5.87. The van der Waals surface area contributed by atoms with Crippen LogP contribution in [-0.2, 0) is 4.74 Å². The Bertz CT molecular complexity index is 1070. The molecule has 32 heavy (non-hydrogen) atoms. The highest BCUT2D eigenvalue weighted by molar-refractivity contribution is 7.14. The van der Waals surface area contributed by atoms with E-state index < -0.39 is 0 Å². The molecule has 0 bridgehead atoms. The van der Waals surface area contributed by atoms with Crippen LogP contribution in [0.4, 0.5) is 15.7 Å². The summed E-state index contributed by atoms with van der Waals surface area (Å²) in [5, 5.41) is 6.44. The van der Waals surface area contributed by atoms with Gasteiger partial charge in [-0.25, -0.2) is 14.8 Å². The van der Waals surface area contributed by atoms with Gasteiger partial charge in [-0.2, -0.15) is 0 Å². The van der Waals surface area contributed by atoms with Crippen LogP contribution < -0.4 is 10.2 Å². The molecular weight excluding hydrogens is 446 g/mol. The van der Waals surface area contributed by atoms with Gasteiger partial charge in [0.1, 0.15) is 17.1 Å². The number of aromatic nitrogens is 3. The van der Waals surface area contributed by atoms with E-state index in [0.717, 1.165) is 54.4 Å². The molecule has 0 atom stereocenters. The summed E-state index contributed by atoms with van der Waals surface area (Å²) in [5.41, 5.74) is 2.31. The molecule has 2 fully saturated rings. The Labute approximate surface area is 197 Å². The van der Waals surface area contributed by atoms with Gasteiger partial charge in [0, 0.05) is 23.8 Å². The van der Waals surface area contributed by atoms with Gasteiger partial charge >= 0.3 is 6.09 Å². The molecule has 1 saturated heterocycles. The van der Waals surface area contributed by atoms with E-state index in [9.17, 15) is 4.79 Å². The Morgan fingerprint density at radius 3 is 2.75 bits per heavy atom. The molecule has 1 aliphatic carbocycles. The summed E-state index contributed by atoms with van der Waals surface area (Å²) >= 11 is 1.61. The van der Waals surface area contributed by atoms with E-state index in [1.54, 1.807) is 22.4 Å². The Kier molecular flexibility index (Phi) is 6.62. The second-order valence-corrected chi connectivity index (χ2v) is 9.21. The third-order valence-electron chi connectivity index (χ3n) is 6.11. The van der Waals surface area contributed by atoms with Gasteiger partial charge in [-0.15, -0.1) is 23.7 Å². The van der Waals surface area contributed by atoms with Gasteiger partial charge < -0.3 is 10.1 Å². The molecule has 1 N–H and O–H groups in total. The molecule has 0 aromatic carbocycles. The SMILES string of the molecule is Cc1cccc(N2C[C@]3(CC[C@@H](CNc4nc(-c5ccccn5)cs4)CC3)OC2=O)n1.Cl. The van der Waals surface area contributed by atoms with Gasteiger partial charge in [0.2, 0.25) is 0 Å². The summed E-state index contributed by atoms with van der Waals surface area (Å²) in [6.07, 6.45) is 5.31. The van der Waals surface area contributed by atoms with Crippen molar-refractivity contribution in [1.82, 2.24) is 15.0 Å². The van der Waals surface area contributed by atoms with Crippen LogP contribution in [-0.4, -0.2) is 39.7 Å². The monoisotopic (exact) mass is 471 g/mol. The Morgan fingerprint density at radius 2 is 2.00 bits per heavy atom. The van der Waals surface area contributed by atoms with E-state index in [4.69, 9.17) is 4.74 Å². The van der Waals surface area contributed by atoms with Crippen molar-refractivity contribution in [2.24, 2.45) is 5.92 Å². The predicted molar refractivity (Wildman–Crippen MR) is 129 cm³/mol. The number of amides is 1. The minimum absolute atomic E-state index is 0. The van der Waals surface area contributed by atoms with Crippen LogP contribution >= 0.6 is 23.7 Å². The maximum absolute atomic E-state index is 12.5. The quantitative estimate of drug-likeness (QED) is 0.541. The maximum atomic E-state index is 12.5. The van der Waals surface area contributed by atoms with Crippen molar-refractivity contribution >= 4 is 40.8 Å². The molecule has 1 spiro atoms. The fourth-order valence-electron chi connectivity index (χ4n) is 4.37. The van der Waals surface area contributed by atoms with Crippen LogP contribution in [0.1, 0.15) is 31.4 Å². The predicted octanol–water partition coefficient (Wildman–Crippen LogP) is 5.33. The summed E-state index contributed by atoms with van der Waals surface area (Å²) in [7, 11) is 0. The molecule has 7 nitrogen and oxygen atoms in total. The number of carbonyl (C=O) groups excluding carboxylic acids is 1. The van der Waals surface area contributed by atoms with E-state index in [0.29, 0.717) is 18.3 Å². The topological polar surface area (TPSA) is 80.2 Å². The van der Waals surface area contributed by atoms with Crippen molar-refractivity contribution in [3.8, 4) is 11.4 Å². The lowest BCUT2D eigenvalue weighted by molar-refractivity contribution is 0.0148. The average molecular weight is 472 g/mol. The van der Waals surface area contributed by atoms with Crippen molar-refractivity contribution in [2.45, 2.75) is 38.2 Å². The van der Waals surface area contributed by atoms with Crippen molar-refractivity contribution < 1.29 is 9.53 Å². The molecule has 1 amide bonds. The standard InChI is InChI=1S/C23H25N5O2S.ClH/c1-16-5-4-7-20(26-16)28-15-23(30-22(28)29)10-8-17(9-11-23)13-25-21-27-19(14-31-21)18-6-2-3-12-24-18;/h2-7,12,14,17H,8-11,13,15H2,1H3,(H,25,27);1H/t17-,23-;. The molecule has 4 heterocycles. The first-order valence-corrected chi connectivity index (χ1v) is 11.5. The van der Waals surface area contributed by atoms with Crippen molar-refractivity contribution in [3.05, 3.63) is 53.7 Å². The van der Waals surface area contributed by atoms with E-state index >= 15 is 0 Å². The van der Waals surface area contributed by atoms with Crippen molar-refractivity contribution in [2.75, 3.05) is 23.3 Å². The molecule has 3 aromatic heterocycles. The van der Waals surface area contributed by atoms with Crippen LogP contribution in [0.2, 0.25) is 0 Å². The molecule has 9 heteroatoms. The Morgan fingerprint density at radius 1 is 1.16 bits per heavy atom. The number of aryl methyl sites for hydroxylation is 1. The van der Waals surface area contributed by atoms with Gasteiger partial charge in [0.25, 0.3) is 0 Å². The van der Waals surface area contributed by atoms with Gasteiger partial charge in [0.05, 0.1) is 12.2 Å². The highest BCUT2D eigenvalue weighted by Crippen LogP contribution is 2.40. The summed E-state index contributed by atoms with van der Waals surface area (Å²) in [4.78, 5) is 27.7. The number of rotatable bonds is 5. The van der Waals surface area contributed by atoms with Gasteiger partial charge in [-0.1, -0.05) is 12.1 Å². The molecule has 1 saturated carbocycles. The van der Waals surface area contributed by atoms with E-state index in [1.165, 1.54) is 0 Å². The Balaban J connectivity index is 0.00000245. The number of nitrogens with one attached hydrogen (secondary N) is 1. The fraction of sp³-hybridized carbons (Fsp3) is 0.391. The highest BCUT2D eigenvalue weighted by atomic mass is 35.5. The normalized spacial score (nSPS) is 22.5. The van der Waals surface area contributed by atoms with Crippen LogP contribution in [0.3, 0.4) is 0 Å². The highest BCUT2D eigenvalue weighted by Gasteiger charge is 2.48. The number of nitrogens with zero attached hydrogens (tertiary/aromatic N) is 4. The lowest BCUT2D eigenvalue weighted by Crippen LogP contribution is -2.39. The zero-order chi connectivity index (χ0) is 21.3. The largest absolute Gasteiger partial charge is 0.441 e. The second-order valence-electron chi connectivity index (χ2n) is 8.35. The van der Waals surface area contributed by atoms with Gasteiger partial charge in [-0.05, 0) is 62.8 Å². The maximum Gasteiger partial charge on any atom is 0.416 e. The second kappa shape index (κ2) is 9.42. The lowest BCUT2D eigenvalue weighted by atomic mass is 9.78.